The number of anilines is 1. The molecule has 2 heteroatoms. The minimum Gasteiger partial charge on any atom is -0.372 e. The Labute approximate surface area is 98.5 Å². The van der Waals surface area contributed by atoms with Gasteiger partial charge in [-0.3, -0.25) is 0 Å². The van der Waals surface area contributed by atoms with Gasteiger partial charge in [0.15, 0.2) is 0 Å². The maximum Gasteiger partial charge on any atom is 0.0991 e. The SMILES string of the molecule is CCCC(C)N(C)c1ccc(C#N)cc1C. The minimum absolute atomic E-state index is 0.539. The zero-order chi connectivity index (χ0) is 12.1. The molecule has 0 aliphatic heterocycles. The van der Waals surface area contributed by atoms with E-state index in [2.05, 4.69) is 38.8 Å². The molecule has 86 valence electrons. The molecule has 1 unspecified atom stereocenters. The predicted molar refractivity (Wildman–Crippen MR) is 68.7 cm³/mol. The fraction of sp³-hybridized carbons (Fsp3) is 0.500. The molecule has 0 amide bonds. The maximum atomic E-state index is 8.82. The third-order valence-electron chi connectivity index (χ3n) is 3.07. The van der Waals surface area contributed by atoms with Gasteiger partial charge in [0.05, 0.1) is 11.6 Å². The first kappa shape index (κ1) is 12.6. The number of rotatable bonds is 4. The molecule has 0 bridgehead atoms. The van der Waals surface area contributed by atoms with Crippen LogP contribution in [0.1, 0.15) is 37.8 Å². The molecule has 1 atom stereocenters. The van der Waals surface area contributed by atoms with E-state index in [1.54, 1.807) is 0 Å². The second kappa shape index (κ2) is 5.55. The summed E-state index contributed by atoms with van der Waals surface area (Å²) in [6.07, 6.45) is 2.39. The lowest BCUT2D eigenvalue weighted by Gasteiger charge is -2.28. The summed E-state index contributed by atoms with van der Waals surface area (Å²) in [6, 6.07) is 8.59. The van der Waals surface area contributed by atoms with Crippen molar-refractivity contribution in [3.05, 3.63) is 29.3 Å². The summed E-state index contributed by atoms with van der Waals surface area (Å²) in [5.74, 6) is 0. The van der Waals surface area contributed by atoms with Gasteiger partial charge in [-0.15, -0.1) is 0 Å². The number of nitriles is 1. The van der Waals surface area contributed by atoms with Gasteiger partial charge in [0.2, 0.25) is 0 Å². The van der Waals surface area contributed by atoms with Crippen molar-refractivity contribution >= 4 is 5.69 Å². The Morgan fingerprint density at radius 1 is 1.44 bits per heavy atom. The molecular formula is C14H20N2. The Morgan fingerprint density at radius 3 is 2.62 bits per heavy atom. The molecule has 2 nitrogen and oxygen atoms in total. The predicted octanol–water partition coefficient (Wildman–Crippen LogP) is 3.49. The van der Waals surface area contributed by atoms with Crippen LogP contribution in [0.15, 0.2) is 18.2 Å². The highest BCUT2D eigenvalue weighted by Gasteiger charge is 2.11. The van der Waals surface area contributed by atoms with E-state index >= 15 is 0 Å². The molecule has 0 aliphatic rings. The van der Waals surface area contributed by atoms with Gasteiger partial charge < -0.3 is 4.90 Å². The van der Waals surface area contributed by atoms with Crippen LogP contribution in [0.5, 0.6) is 0 Å². The first-order valence-corrected chi connectivity index (χ1v) is 5.83. The lowest BCUT2D eigenvalue weighted by atomic mass is 10.1. The molecule has 0 saturated carbocycles. The molecule has 1 rings (SSSR count). The van der Waals surface area contributed by atoms with Crippen LogP contribution in [0.25, 0.3) is 0 Å². The molecule has 0 radical (unpaired) electrons. The average molecular weight is 216 g/mol. The van der Waals surface area contributed by atoms with Crippen LogP contribution in [0.4, 0.5) is 5.69 Å². The highest BCUT2D eigenvalue weighted by atomic mass is 15.1. The topological polar surface area (TPSA) is 27.0 Å². The van der Waals surface area contributed by atoms with Crippen molar-refractivity contribution in [2.45, 2.75) is 39.7 Å². The van der Waals surface area contributed by atoms with E-state index in [0.717, 1.165) is 5.56 Å². The van der Waals surface area contributed by atoms with Crippen molar-refractivity contribution in [2.24, 2.45) is 0 Å². The Hall–Kier alpha value is -1.49. The Balaban J connectivity index is 2.92. The van der Waals surface area contributed by atoms with E-state index in [-0.39, 0.29) is 0 Å². The largest absolute Gasteiger partial charge is 0.372 e. The van der Waals surface area contributed by atoms with Crippen LogP contribution >= 0.6 is 0 Å². The second-order valence-electron chi connectivity index (χ2n) is 4.36. The molecule has 0 heterocycles. The Morgan fingerprint density at radius 2 is 2.12 bits per heavy atom. The van der Waals surface area contributed by atoms with Gasteiger partial charge in [-0.2, -0.15) is 5.26 Å². The summed E-state index contributed by atoms with van der Waals surface area (Å²) in [6.45, 7) is 6.50. The molecule has 0 saturated heterocycles. The Bertz CT molecular complexity index is 390. The number of benzene rings is 1. The summed E-state index contributed by atoms with van der Waals surface area (Å²) >= 11 is 0. The highest BCUT2D eigenvalue weighted by molar-refractivity contribution is 5.56. The van der Waals surface area contributed by atoms with E-state index in [4.69, 9.17) is 5.26 Å². The second-order valence-corrected chi connectivity index (χ2v) is 4.36. The quantitative estimate of drug-likeness (QED) is 0.770. The van der Waals surface area contributed by atoms with Crippen molar-refractivity contribution < 1.29 is 0 Å². The summed E-state index contributed by atoms with van der Waals surface area (Å²) in [4.78, 5) is 2.29. The van der Waals surface area contributed by atoms with Gasteiger partial charge in [-0.25, -0.2) is 0 Å². The van der Waals surface area contributed by atoms with Crippen molar-refractivity contribution in [2.75, 3.05) is 11.9 Å². The minimum atomic E-state index is 0.539. The summed E-state index contributed by atoms with van der Waals surface area (Å²) < 4.78 is 0. The van der Waals surface area contributed by atoms with Gasteiger partial charge in [-0.05, 0) is 44.0 Å². The standard InChI is InChI=1S/C14H20N2/c1-5-6-12(3)16(4)14-8-7-13(10-15)9-11(14)2/h7-9,12H,5-6H2,1-4H3. The third kappa shape index (κ3) is 2.76. The van der Waals surface area contributed by atoms with Crippen LogP contribution in [-0.2, 0) is 0 Å². The number of hydrogen-bond acceptors (Lipinski definition) is 2. The van der Waals surface area contributed by atoms with Gasteiger partial charge in [-0.1, -0.05) is 13.3 Å². The molecule has 1 aromatic rings. The van der Waals surface area contributed by atoms with Crippen LogP contribution in [0.3, 0.4) is 0 Å². The molecule has 0 N–H and O–H groups in total. The van der Waals surface area contributed by atoms with Crippen LogP contribution in [-0.4, -0.2) is 13.1 Å². The van der Waals surface area contributed by atoms with Gasteiger partial charge in [0.1, 0.15) is 0 Å². The fourth-order valence-corrected chi connectivity index (χ4v) is 1.97. The summed E-state index contributed by atoms with van der Waals surface area (Å²) in [7, 11) is 2.12. The zero-order valence-corrected chi connectivity index (χ0v) is 10.6. The van der Waals surface area contributed by atoms with E-state index in [9.17, 15) is 0 Å². The molecular weight excluding hydrogens is 196 g/mol. The van der Waals surface area contributed by atoms with E-state index in [1.165, 1.54) is 24.1 Å². The van der Waals surface area contributed by atoms with E-state index < -0.39 is 0 Å². The first-order valence-electron chi connectivity index (χ1n) is 5.83. The van der Waals surface area contributed by atoms with Crippen molar-refractivity contribution in [3.8, 4) is 6.07 Å². The average Bonchev–Trinajstić information content (AvgIpc) is 2.28. The summed E-state index contributed by atoms with van der Waals surface area (Å²) in [5.41, 5.74) is 3.13. The Kier molecular flexibility index (Phi) is 4.37. The van der Waals surface area contributed by atoms with Gasteiger partial charge >= 0.3 is 0 Å². The number of hydrogen-bond donors (Lipinski definition) is 0. The molecule has 16 heavy (non-hydrogen) atoms. The van der Waals surface area contributed by atoms with Gasteiger partial charge in [0, 0.05) is 18.8 Å². The molecule has 0 spiro atoms. The molecule has 1 aromatic carbocycles. The van der Waals surface area contributed by atoms with E-state index in [0.29, 0.717) is 6.04 Å². The lowest BCUT2D eigenvalue weighted by Crippen LogP contribution is -2.29. The van der Waals surface area contributed by atoms with Crippen molar-refractivity contribution in [3.63, 3.8) is 0 Å². The monoisotopic (exact) mass is 216 g/mol. The lowest BCUT2D eigenvalue weighted by molar-refractivity contribution is 0.615. The zero-order valence-electron chi connectivity index (χ0n) is 10.6. The number of nitrogens with zero attached hydrogens (tertiary/aromatic N) is 2. The normalized spacial score (nSPS) is 11.9. The smallest absolute Gasteiger partial charge is 0.0991 e. The van der Waals surface area contributed by atoms with Gasteiger partial charge in [0.25, 0.3) is 0 Å². The van der Waals surface area contributed by atoms with Crippen molar-refractivity contribution in [1.29, 1.82) is 5.26 Å². The van der Waals surface area contributed by atoms with Crippen LogP contribution in [0.2, 0.25) is 0 Å². The van der Waals surface area contributed by atoms with Crippen LogP contribution < -0.4 is 4.90 Å². The van der Waals surface area contributed by atoms with Crippen LogP contribution in [0, 0.1) is 18.3 Å². The molecule has 0 fully saturated rings. The number of aryl methyl sites for hydroxylation is 1. The first-order chi connectivity index (χ1) is 7.60. The molecule has 0 aliphatic carbocycles. The molecule has 0 aromatic heterocycles. The fourth-order valence-electron chi connectivity index (χ4n) is 1.97. The van der Waals surface area contributed by atoms with Crippen molar-refractivity contribution in [1.82, 2.24) is 0 Å². The van der Waals surface area contributed by atoms with E-state index in [1.807, 2.05) is 18.2 Å². The third-order valence-corrected chi connectivity index (χ3v) is 3.07. The maximum absolute atomic E-state index is 8.82. The highest BCUT2D eigenvalue weighted by Crippen LogP contribution is 2.22. The summed E-state index contributed by atoms with van der Waals surface area (Å²) in [5, 5.41) is 8.82.